The fraction of sp³-hybridized carbons (Fsp3) is 0.294. The van der Waals surface area contributed by atoms with Crippen LogP contribution in [0.1, 0.15) is 13.8 Å². The zero-order valence-corrected chi connectivity index (χ0v) is 16.0. The molecule has 2 N–H and O–H groups in total. The Morgan fingerprint density at radius 2 is 2.19 bits per heavy atom. The maximum Gasteiger partial charge on any atom is 0.321 e. The third-order valence-corrected chi connectivity index (χ3v) is 4.74. The average molecular weight is 395 g/mol. The first-order valence-corrected chi connectivity index (χ1v) is 9.19. The topological polar surface area (TPSA) is 93.1 Å². The molecule has 1 heterocycles. The van der Waals surface area contributed by atoms with Crippen LogP contribution in [0.15, 0.2) is 40.8 Å². The molecular formula is C17H19ClN4O3S. The third-order valence-electron chi connectivity index (χ3n) is 3.42. The van der Waals surface area contributed by atoms with Crippen LogP contribution < -0.4 is 16.2 Å². The summed E-state index contributed by atoms with van der Waals surface area (Å²) in [6.45, 7) is 7.69. The van der Waals surface area contributed by atoms with Crippen molar-refractivity contribution in [2.45, 2.75) is 30.8 Å². The van der Waals surface area contributed by atoms with E-state index in [2.05, 4.69) is 22.2 Å². The van der Waals surface area contributed by atoms with Crippen LogP contribution in [0.25, 0.3) is 10.9 Å². The molecule has 3 amide bonds. The molecule has 1 unspecified atom stereocenters. The van der Waals surface area contributed by atoms with Gasteiger partial charge in [0.05, 0.1) is 16.2 Å². The van der Waals surface area contributed by atoms with Crippen LogP contribution in [0.5, 0.6) is 0 Å². The lowest BCUT2D eigenvalue weighted by atomic mass is 10.2. The summed E-state index contributed by atoms with van der Waals surface area (Å²) in [6, 6.07) is 4.28. The van der Waals surface area contributed by atoms with E-state index in [4.69, 9.17) is 11.6 Å². The van der Waals surface area contributed by atoms with Gasteiger partial charge in [-0.25, -0.2) is 9.78 Å². The molecule has 0 aliphatic carbocycles. The number of urea groups is 1. The first kappa shape index (κ1) is 20.0. The van der Waals surface area contributed by atoms with Gasteiger partial charge in [-0.05, 0) is 32.0 Å². The second-order valence-electron chi connectivity index (χ2n) is 5.37. The van der Waals surface area contributed by atoms with E-state index in [1.54, 1.807) is 38.1 Å². The molecule has 1 aromatic carbocycles. The SMILES string of the molecule is C=CCn1c(SC(C)C(=O)NC(=O)NCC)nc2cc(Cl)ccc2c1=O. The number of hydrogen-bond acceptors (Lipinski definition) is 5. The summed E-state index contributed by atoms with van der Waals surface area (Å²) in [6.07, 6.45) is 1.58. The maximum atomic E-state index is 12.7. The quantitative estimate of drug-likeness (QED) is 0.446. The number of halogens is 1. The lowest BCUT2D eigenvalue weighted by Crippen LogP contribution is -2.42. The number of thioether (sulfide) groups is 1. The summed E-state index contributed by atoms with van der Waals surface area (Å²) in [5.41, 5.74) is 0.201. The minimum absolute atomic E-state index is 0.245. The molecule has 2 aromatic rings. The van der Waals surface area contributed by atoms with Crippen molar-refractivity contribution >= 4 is 46.2 Å². The van der Waals surface area contributed by atoms with E-state index >= 15 is 0 Å². The zero-order chi connectivity index (χ0) is 19.3. The molecule has 1 aromatic heterocycles. The Labute approximate surface area is 159 Å². The van der Waals surface area contributed by atoms with Crippen molar-refractivity contribution in [1.82, 2.24) is 20.2 Å². The summed E-state index contributed by atoms with van der Waals surface area (Å²) >= 11 is 7.07. The number of benzene rings is 1. The van der Waals surface area contributed by atoms with E-state index in [-0.39, 0.29) is 12.1 Å². The Hall–Kier alpha value is -2.32. The first-order valence-electron chi connectivity index (χ1n) is 7.93. The minimum Gasteiger partial charge on any atom is -0.338 e. The van der Waals surface area contributed by atoms with E-state index in [1.807, 2.05) is 0 Å². The summed E-state index contributed by atoms with van der Waals surface area (Å²) in [5, 5.41) is 5.34. The van der Waals surface area contributed by atoms with Crippen LogP contribution in [-0.2, 0) is 11.3 Å². The van der Waals surface area contributed by atoms with Crippen LogP contribution in [-0.4, -0.2) is 33.3 Å². The Bertz CT molecular complexity index is 913. The number of nitrogens with zero attached hydrogens (tertiary/aromatic N) is 2. The molecule has 7 nitrogen and oxygen atoms in total. The summed E-state index contributed by atoms with van der Waals surface area (Å²) in [4.78, 5) is 40.8. The zero-order valence-electron chi connectivity index (χ0n) is 14.4. The minimum atomic E-state index is -0.641. The highest BCUT2D eigenvalue weighted by molar-refractivity contribution is 8.00. The van der Waals surface area contributed by atoms with E-state index in [0.717, 1.165) is 11.8 Å². The largest absolute Gasteiger partial charge is 0.338 e. The molecule has 0 spiro atoms. The van der Waals surface area contributed by atoms with E-state index in [9.17, 15) is 14.4 Å². The van der Waals surface area contributed by atoms with Gasteiger partial charge in [-0.2, -0.15) is 0 Å². The highest BCUT2D eigenvalue weighted by atomic mass is 35.5. The summed E-state index contributed by atoms with van der Waals surface area (Å²) in [7, 11) is 0. The van der Waals surface area contributed by atoms with Gasteiger partial charge in [-0.1, -0.05) is 29.4 Å². The number of amides is 3. The Kier molecular flexibility index (Phi) is 6.82. The normalized spacial score (nSPS) is 11.8. The second kappa shape index (κ2) is 8.86. The lowest BCUT2D eigenvalue weighted by molar-refractivity contribution is -0.119. The van der Waals surface area contributed by atoms with Crippen molar-refractivity contribution in [3.8, 4) is 0 Å². The third kappa shape index (κ3) is 4.64. The van der Waals surface area contributed by atoms with Gasteiger partial charge in [0.25, 0.3) is 5.56 Å². The van der Waals surface area contributed by atoms with Crippen LogP contribution in [0, 0.1) is 0 Å². The van der Waals surface area contributed by atoms with Gasteiger partial charge >= 0.3 is 6.03 Å². The summed E-state index contributed by atoms with van der Waals surface area (Å²) < 4.78 is 1.43. The maximum absolute atomic E-state index is 12.7. The number of imide groups is 1. The van der Waals surface area contributed by atoms with E-state index in [0.29, 0.717) is 27.6 Å². The van der Waals surface area contributed by atoms with Crippen LogP contribution >= 0.6 is 23.4 Å². The van der Waals surface area contributed by atoms with Crippen molar-refractivity contribution in [1.29, 1.82) is 0 Å². The number of hydrogen-bond donors (Lipinski definition) is 2. The van der Waals surface area contributed by atoms with Crippen molar-refractivity contribution in [2.75, 3.05) is 6.54 Å². The van der Waals surface area contributed by atoms with Crippen molar-refractivity contribution < 1.29 is 9.59 Å². The van der Waals surface area contributed by atoms with Gasteiger partial charge in [0.15, 0.2) is 5.16 Å². The number of carbonyl (C=O) groups excluding carboxylic acids is 2. The van der Waals surface area contributed by atoms with Crippen LogP contribution in [0.4, 0.5) is 4.79 Å². The van der Waals surface area contributed by atoms with Gasteiger partial charge in [0.1, 0.15) is 0 Å². The molecule has 1 atom stereocenters. The molecule has 0 bridgehead atoms. The standard InChI is InChI=1S/C17H19ClN4O3S/c1-4-8-22-15(24)12-7-6-11(18)9-13(12)20-17(22)26-10(3)14(23)21-16(25)19-5-2/h4,6-7,9-10H,1,5,8H2,2-3H3,(H2,19,21,23,25). The van der Waals surface area contributed by atoms with E-state index in [1.165, 1.54) is 4.57 Å². The molecule has 0 saturated carbocycles. The van der Waals surface area contributed by atoms with Crippen molar-refractivity contribution in [3.05, 3.63) is 46.2 Å². The average Bonchev–Trinajstić information content (AvgIpc) is 2.58. The van der Waals surface area contributed by atoms with E-state index < -0.39 is 17.2 Å². The van der Waals surface area contributed by atoms with Gasteiger partial charge in [0.2, 0.25) is 5.91 Å². The number of nitrogens with one attached hydrogen (secondary N) is 2. The number of carbonyl (C=O) groups is 2. The fourth-order valence-corrected chi connectivity index (χ4v) is 3.27. The van der Waals surface area contributed by atoms with Crippen LogP contribution in [0.2, 0.25) is 5.02 Å². The molecule has 0 saturated heterocycles. The number of rotatable bonds is 6. The molecule has 9 heteroatoms. The number of fused-ring (bicyclic) bond motifs is 1. The van der Waals surface area contributed by atoms with Gasteiger partial charge in [0, 0.05) is 18.1 Å². The highest BCUT2D eigenvalue weighted by Gasteiger charge is 2.20. The van der Waals surface area contributed by atoms with Crippen LogP contribution in [0.3, 0.4) is 0 Å². The second-order valence-corrected chi connectivity index (χ2v) is 7.11. The molecule has 138 valence electrons. The first-order chi connectivity index (χ1) is 12.4. The van der Waals surface area contributed by atoms with Gasteiger partial charge in [-0.3, -0.25) is 19.5 Å². The molecule has 26 heavy (non-hydrogen) atoms. The number of allylic oxidation sites excluding steroid dienone is 1. The highest BCUT2D eigenvalue weighted by Crippen LogP contribution is 2.24. The van der Waals surface area contributed by atoms with Crippen molar-refractivity contribution in [2.24, 2.45) is 0 Å². The van der Waals surface area contributed by atoms with Gasteiger partial charge in [-0.15, -0.1) is 6.58 Å². The molecule has 0 aliphatic heterocycles. The predicted octanol–water partition coefficient (Wildman–Crippen LogP) is 2.56. The van der Waals surface area contributed by atoms with Crippen molar-refractivity contribution in [3.63, 3.8) is 0 Å². The number of aromatic nitrogens is 2. The summed E-state index contributed by atoms with van der Waals surface area (Å²) in [5.74, 6) is -0.480. The molecule has 0 radical (unpaired) electrons. The molecular weight excluding hydrogens is 376 g/mol. The molecule has 2 rings (SSSR count). The molecule has 0 fully saturated rings. The lowest BCUT2D eigenvalue weighted by Gasteiger charge is -2.15. The monoisotopic (exact) mass is 394 g/mol. The molecule has 0 aliphatic rings. The Balaban J connectivity index is 2.36. The predicted molar refractivity (Wildman–Crippen MR) is 104 cm³/mol. The van der Waals surface area contributed by atoms with Gasteiger partial charge < -0.3 is 5.32 Å². The fourth-order valence-electron chi connectivity index (χ4n) is 2.18. The smallest absolute Gasteiger partial charge is 0.321 e. The Morgan fingerprint density at radius 3 is 2.85 bits per heavy atom. The Morgan fingerprint density at radius 1 is 1.46 bits per heavy atom.